The van der Waals surface area contributed by atoms with Crippen LogP contribution in [0.25, 0.3) is 0 Å². The van der Waals surface area contributed by atoms with E-state index >= 15 is 0 Å². The topological polar surface area (TPSA) is 59.5 Å². The molecule has 134 valence electrons. The molecule has 0 spiro atoms. The fraction of sp³-hybridized carbons (Fsp3) is 0.474. The van der Waals surface area contributed by atoms with Crippen LogP contribution >= 0.6 is 0 Å². The highest BCUT2D eigenvalue weighted by molar-refractivity contribution is 5.43. The lowest BCUT2D eigenvalue weighted by Crippen LogP contribution is -2.45. The summed E-state index contributed by atoms with van der Waals surface area (Å²) in [6, 6.07) is 10.5. The lowest BCUT2D eigenvalue weighted by molar-refractivity contribution is 0.310. The predicted molar refractivity (Wildman–Crippen MR) is 98.3 cm³/mol. The molecule has 1 atom stereocenters. The summed E-state index contributed by atoms with van der Waals surface area (Å²) in [6.07, 6.45) is 4.04. The Morgan fingerprint density at radius 2 is 2.20 bits per heavy atom. The van der Waals surface area contributed by atoms with Gasteiger partial charge in [-0.2, -0.15) is 5.10 Å². The smallest absolute Gasteiger partial charge is 0.161 e. The van der Waals surface area contributed by atoms with Crippen molar-refractivity contribution < 1.29 is 9.47 Å². The zero-order chi connectivity index (χ0) is 17.5. The Morgan fingerprint density at radius 1 is 1.28 bits per heavy atom. The molecule has 0 bridgehead atoms. The second kappa shape index (κ2) is 8.67. The van der Waals surface area contributed by atoms with Gasteiger partial charge in [0.15, 0.2) is 17.3 Å². The number of anilines is 1. The maximum atomic E-state index is 5.58. The average molecular weight is 342 g/mol. The van der Waals surface area contributed by atoms with Crippen molar-refractivity contribution in [1.82, 2.24) is 15.5 Å². The lowest BCUT2D eigenvalue weighted by Gasteiger charge is -2.33. The highest BCUT2D eigenvalue weighted by Crippen LogP contribution is 2.28. The van der Waals surface area contributed by atoms with E-state index in [1.165, 1.54) is 12.0 Å². The molecule has 1 N–H and O–H groups in total. The monoisotopic (exact) mass is 342 g/mol. The van der Waals surface area contributed by atoms with E-state index in [0.29, 0.717) is 12.6 Å². The number of hydrogen-bond acceptors (Lipinski definition) is 6. The van der Waals surface area contributed by atoms with Crippen molar-refractivity contribution >= 4 is 5.82 Å². The van der Waals surface area contributed by atoms with Crippen molar-refractivity contribution in [2.75, 3.05) is 31.7 Å². The largest absolute Gasteiger partial charge is 0.493 e. The number of nitrogens with one attached hydrogen (secondary N) is 1. The van der Waals surface area contributed by atoms with Gasteiger partial charge < -0.3 is 19.7 Å². The summed E-state index contributed by atoms with van der Waals surface area (Å²) in [5, 5.41) is 11.9. The normalized spacial score (nSPS) is 17.4. The summed E-state index contributed by atoms with van der Waals surface area (Å²) in [4.78, 5) is 2.30. The van der Waals surface area contributed by atoms with Gasteiger partial charge >= 0.3 is 0 Å². The first kappa shape index (κ1) is 17.5. The summed E-state index contributed by atoms with van der Waals surface area (Å²) in [7, 11) is 1.68. The molecule has 2 heterocycles. The summed E-state index contributed by atoms with van der Waals surface area (Å²) in [5.41, 5.74) is 1.19. The molecule has 0 radical (unpaired) electrons. The fourth-order valence-corrected chi connectivity index (χ4v) is 3.17. The lowest BCUT2D eigenvalue weighted by atomic mass is 10.1. The molecule has 6 nitrogen and oxygen atoms in total. The van der Waals surface area contributed by atoms with Gasteiger partial charge in [-0.05, 0) is 49.6 Å². The minimum atomic E-state index is 0.438. The first-order chi connectivity index (χ1) is 12.3. The van der Waals surface area contributed by atoms with E-state index in [2.05, 4.69) is 26.5 Å². The molecule has 3 rings (SSSR count). The van der Waals surface area contributed by atoms with Crippen LogP contribution in [-0.2, 0) is 6.54 Å². The summed E-state index contributed by atoms with van der Waals surface area (Å²) >= 11 is 0. The van der Waals surface area contributed by atoms with Crippen LogP contribution < -0.4 is 19.7 Å². The highest BCUT2D eigenvalue weighted by Gasteiger charge is 2.20. The summed E-state index contributed by atoms with van der Waals surface area (Å²) in [5.74, 6) is 2.53. The van der Waals surface area contributed by atoms with Crippen LogP contribution in [0.4, 0.5) is 5.82 Å². The van der Waals surface area contributed by atoms with E-state index in [0.717, 1.165) is 43.4 Å². The zero-order valence-corrected chi connectivity index (χ0v) is 14.9. The fourth-order valence-electron chi connectivity index (χ4n) is 3.17. The van der Waals surface area contributed by atoms with E-state index in [4.69, 9.17) is 9.47 Å². The summed E-state index contributed by atoms with van der Waals surface area (Å²) in [6.45, 7) is 5.40. The quantitative estimate of drug-likeness (QED) is 0.835. The molecule has 1 aromatic carbocycles. The highest BCUT2D eigenvalue weighted by atomic mass is 16.5. The molecule has 6 heteroatoms. The molecule has 1 aliphatic rings. The van der Waals surface area contributed by atoms with Crippen LogP contribution in [0.1, 0.15) is 25.3 Å². The zero-order valence-electron chi connectivity index (χ0n) is 14.9. The Labute approximate surface area is 149 Å². The van der Waals surface area contributed by atoms with Gasteiger partial charge in [0.25, 0.3) is 0 Å². The molecule has 0 saturated carbocycles. The third-order valence-corrected chi connectivity index (χ3v) is 4.43. The molecule has 1 saturated heterocycles. The molecule has 1 aromatic heterocycles. The Kier molecular flexibility index (Phi) is 6.06. The molecule has 1 aliphatic heterocycles. The van der Waals surface area contributed by atoms with Crippen molar-refractivity contribution in [2.45, 2.75) is 32.4 Å². The minimum Gasteiger partial charge on any atom is -0.493 e. The SMILES string of the molecule is CCOc1ccc(CN[C@H]2CCCN(c3cccnn3)C2)cc1OC. The number of methoxy groups -OCH3 is 1. The van der Waals surface area contributed by atoms with Crippen LogP contribution in [0.5, 0.6) is 11.5 Å². The van der Waals surface area contributed by atoms with Crippen molar-refractivity contribution in [3.8, 4) is 11.5 Å². The van der Waals surface area contributed by atoms with Crippen molar-refractivity contribution in [3.05, 3.63) is 42.1 Å². The van der Waals surface area contributed by atoms with Crippen LogP contribution in [0.2, 0.25) is 0 Å². The molecule has 0 unspecified atom stereocenters. The van der Waals surface area contributed by atoms with Gasteiger partial charge in [-0.1, -0.05) is 6.07 Å². The number of ether oxygens (including phenoxy) is 2. The van der Waals surface area contributed by atoms with E-state index in [9.17, 15) is 0 Å². The summed E-state index contributed by atoms with van der Waals surface area (Å²) < 4.78 is 11.0. The molecular formula is C19H26N4O2. The predicted octanol–water partition coefficient (Wildman–Crippen LogP) is 2.64. The third kappa shape index (κ3) is 4.60. The van der Waals surface area contributed by atoms with Gasteiger partial charge in [-0.25, -0.2) is 0 Å². The van der Waals surface area contributed by atoms with Crippen LogP contribution in [0.3, 0.4) is 0 Å². The molecule has 0 amide bonds. The van der Waals surface area contributed by atoms with Crippen molar-refractivity contribution in [1.29, 1.82) is 0 Å². The standard InChI is InChI=1S/C19H26N4O2/c1-3-25-17-9-8-15(12-18(17)24-2)13-20-16-6-5-11-23(14-16)19-7-4-10-21-22-19/h4,7-10,12,16,20H,3,5-6,11,13-14H2,1-2H3/t16-/m0/s1. The number of benzene rings is 1. The van der Waals surface area contributed by atoms with Gasteiger partial charge in [0.05, 0.1) is 13.7 Å². The van der Waals surface area contributed by atoms with Crippen LogP contribution in [0, 0.1) is 0 Å². The Balaban J connectivity index is 1.58. The van der Waals surface area contributed by atoms with E-state index in [1.54, 1.807) is 13.3 Å². The number of nitrogens with zero attached hydrogens (tertiary/aromatic N) is 3. The Morgan fingerprint density at radius 3 is 2.96 bits per heavy atom. The Bertz CT molecular complexity index is 666. The van der Waals surface area contributed by atoms with E-state index < -0.39 is 0 Å². The van der Waals surface area contributed by atoms with E-state index in [1.807, 2.05) is 31.2 Å². The number of rotatable bonds is 7. The second-order valence-electron chi connectivity index (χ2n) is 6.17. The molecule has 1 fully saturated rings. The van der Waals surface area contributed by atoms with Crippen LogP contribution in [-0.4, -0.2) is 43.0 Å². The van der Waals surface area contributed by atoms with Crippen LogP contribution in [0.15, 0.2) is 36.5 Å². The minimum absolute atomic E-state index is 0.438. The molecule has 25 heavy (non-hydrogen) atoms. The van der Waals surface area contributed by atoms with Gasteiger partial charge in [-0.15, -0.1) is 5.10 Å². The Hall–Kier alpha value is -2.34. The van der Waals surface area contributed by atoms with E-state index in [-0.39, 0.29) is 0 Å². The first-order valence-electron chi connectivity index (χ1n) is 8.86. The number of aromatic nitrogens is 2. The van der Waals surface area contributed by atoms with Crippen molar-refractivity contribution in [3.63, 3.8) is 0 Å². The third-order valence-electron chi connectivity index (χ3n) is 4.43. The van der Waals surface area contributed by atoms with Crippen molar-refractivity contribution in [2.24, 2.45) is 0 Å². The molecular weight excluding hydrogens is 316 g/mol. The maximum absolute atomic E-state index is 5.58. The average Bonchev–Trinajstić information content (AvgIpc) is 2.68. The van der Waals surface area contributed by atoms with Gasteiger partial charge in [0, 0.05) is 31.9 Å². The second-order valence-corrected chi connectivity index (χ2v) is 6.17. The van der Waals surface area contributed by atoms with Gasteiger partial charge in [0.2, 0.25) is 0 Å². The van der Waals surface area contributed by atoms with Gasteiger partial charge in [0.1, 0.15) is 0 Å². The number of piperidine rings is 1. The molecule has 0 aliphatic carbocycles. The number of hydrogen-bond donors (Lipinski definition) is 1. The maximum Gasteiger partial charge on any atom is 0.161 e. The first-order valence-corrected chi connectivity index (χ1v) is 8.86. The molecule has 2 aromatic rings. The van der Waals surface area contributed by atoms with Gasteiger partial charge in [-0.3, -0.25) is 0 Å².